The monoisotopic (exact) mass is 343 g/mol. The Labute approximate surface area is 147 Å². The van der Waals surface area contributed by atoms with E-state index in [4.69, 9.17) is 16.0 Å². The van der Waals surface area contributed by atoms with Crippen molar-refractivity contribution < 1.29 is 9.21 Å². The van der Waals surface area contributed by atoms with Gasteiger partial charge in [0.15, 0.2) is 5.76 Å². The third-order valence-electron chi connectivity index (χ3n) is 5.64. The van der Waals surface area contributed by atoms with Gasteiger partial charge < -0.3 is 9.32 Å². The number of nitrogens with zero attached hydrogens (tertiary/aromatic N) is 1. The van der Waals surface area contributed by atoms with Crippen LogP contribution in [-0.4, -0.2) is 22.2 Å². The highest BCUT2D eigenvalue weighted by atomic mass is 35.5. The first-order valence-corrected chi connectivity index (χ1v) is 9.15. The molecule has 0 bridgehead atoms. The molecular formula is C20H22ClNO2. The van der Waals surface area contributed by atoms with Crippen molar-refractivity contribution in [2.24, 2.45) is 5.92 Å². The van der Waals surface area contributed by atoms with Gasteiger partial charge in [0.05, 0.1) is 17.2 Å². The van der Waals surface area contributed by atoms with Crippen molar-refractivity contribution in [1.29, 1.82) is 0 Å². The van der Waals surface area contributed by atoms with E-state index in [1.54, 1.807) is 18.4 Å². The molecule has 3 atom stereocenters. The molecule has 1 aliphatic carbocycles. The Morgan fingerprint density at radius 2 is 1.96 bits per heavy atom. The molecule has 2 fully saturated rings. The molecule has 4 rings (SSSR count). The molecule has 0 spiro atoms. The minimum Gasteiger partial charge on any atom is -0.459 e. The van der Waals surface area contributed by atoms with E-state index in [-0.39, 0.29) is 16.8 Å². The molecule has 1 aliphatic heterocycles. The molecule has 24 heavy (non-hydrogen) atoms. The molecule has 126 valence electrons. The first kappa shape index (κ1) is 15.8. The van der Waals surface area contributed by atoms with Gasteiger partial charge in [0, 0.05) is 12.5 Å². The van der Waals surface area contributed by atoms with Crippen molar-refractivity contribution in [3.63, 3.8) is 0 Å². The SMILES string of the molecule is O=C(c1ccco1)N1CC[C@@]2(Cl)CCCC[C@H]2[C@@H]1c1ccccc1. The smallest absolute Gasteiger partial charge is 0.290 e. The summed E-state index contributed by atoms with van der Waals surface area (Å²) >= 11 is 7.06. The maximum atomic E-state index is 13.0. The lowest BCUT2D eigenvalue weighted by molar-refractivity contribution is 0.0255. The van der Waals surface area contributed by atoms with Gasteiger partial charge in [0.2, 0.25) is 0 Å². The number of fused-ring (bicyclic) bond motifs is 1. The quantitative estimate of drug-likeness (QED) is 0.716. The Morgan fingerprint density at radius 3 is 2.71 bits per heavy atom. The van der Waals surface area contributed by atoms with Crippen molar-refractivity contribution in [3.8, 4) is 0 Å². The number of amides is 1. The largest absolute Gasteiger partial charge is 0.459 e. The summed E-state index contributed by atoms with van der Waals surface area (Å²) in [5.74, 6) is 0.676. The van der Waals surface area contributed by atoms with Crippen LogP contribution >= 0.6 is 11.6 Å². The molecule has 1 aromatic carbocycles. The molecule has 2 heterocycles. The van der Waals surface area contributed by atoms with Crippen molar-refractivity contribution in [2.75, 3.05) is 6.54 Å². The fourth-order valence-corrected chi connectivity index (χ4v) is 4.92. The number of hydrogen-bond acceptors (Lipinski definition) is 2. The predicted molar refractivity (Wildman–Crippen MR) is 94.1 cm³/mol. The number of carbonyl (C=O) groups is 1. The van der Waals surface area contributed by atoms with E-state index in [1.165, 1.54) is 18.4 Å². The van der Waals surface area contributed by atoms with Crippen molar-refractivity contribution in [3.05, 3.63) is 60.1 Å². The van der Waals surface area contributed by atoms with Gasteiger partial charge >= 0.3 is 0 Å². The Hall–Kier alpha value is -1.74. The summed E-state index contributed by atoms with van der Waals surface area (Å²) in [5.41, 5.74) is 1.18. The Morgan fingerprint density at radius 1 is 1.12 bits per heavy atom. The van der Waals surface area contributed by atoms with E-state index >= 15 is 0 Å². The van der Waals surface area contributed by atoms with Crippen LogP contribution in [0.25, 0.3) is 0 Å². The summed E-state index contributed by atoms with van der Waals surface area (Å²) in [7, 11) is 0. The summed E-state index contributed by atoms with van der Waals surface area (Å²) in [6.45, 7) is 0.680. The lowest BCUT2D eigenvalue weighted by Gasteiger charge is -2.52. The van der Waals surface area contributed by atoms with E-state index in [9.17, 15) is 4.79 Å². The van der Waals surface area contributed by atoms with Gasteiger partial charge in [-0.1, -0.05) is 43.2 Å². The van der Waals surface area contributed by atoms with Crippen molar-refractivity contribution >= 4 is 17.5 Å². The van der Waals surface area contributed by atoms with Gasteiger partial charge in [0.25, 0.3) is 5.91 Å². The minimum atomic E-state index is -0.182. The summed E-state index contributed by atoms with van der Waals surface area (Å²) in [6.07, 6.45) is 6.91. The molecule has 2 aliphatic rings. The maximum absolute atomic E-state index is 13.0. The predicted octanol–water partition coefficient (Wildman–Crippen LogP) is 5.03. The molecule has 0 unspecified atom stereocenters. The number of benzene rings is 1. The normalized spacial score (nSPS) is 30.0. The minimum absolute atomic E-state index is 0.0235. The molecule has 2 aromatic rings. The molecule has 1 amide bonds. The first-order chi connectivity index (χ1) is 11.7. The van der Waals surface area contributed by atoms with Crippen molar-refractivity contribution in [1.82, 2.24) is 4.90 Å². The first-order valence-electron chi connectivity index (χ1n) is 8.77. The highest BCUT2D eigenvalue weighted by molar-refractivity contribution is 6.24. The highest BCUT2D eigenvalue weighted by Gasteiger charge is 2.50. The molecule has 3 nitrogen and oxygen atoms in total. The van der Waals surface area contributed by atoms with Gasteiger partial charge in [-0.2, -0.15) is 0 Å². The topological polar surface area (TPSA) is 33.5 Å². The summed E-state index contributed by atoms with van der Waals surface area (Å²) in [4.78, 5) is 14.8. The number of carbonyl (C=O) groups excluding carboxylic acids is 1. The molecule has 1 aromatic heterocycles. The van der Waals surface area contributed by atoms with Crippen LogP contribution in [0.3, 0.4) is 0 Å². The lowest BCUT2D eigenvalue weighted by Crippen LogP contribution is -2.53. The molecule has 0 radical (unpaired) electrons. The van der Waals surface area contributed by atoms with E-state index in [1.807, 2.05) is 23.1 Å². The van der Waals surface area contributed by atoms with E-state index in [2.05, 4.69) is 12.1 Å². The number of hydrogen-bond donors (Lipinski definition) is 0. The second-order valence-electron chi connectivity index (χ2n) is 6.97. The summed E-state index contributed by atoms with van der Waals surface area (Å²) in [6, 6.07) is 13.9. The Bertz CT molecular complexity index is 700. The van der Waals surface area contributed by atoms with Crippen LogP contribution in [0, 0.1) is 5.92 Å². The average Bonchev–Trinajstić information content (AvgIpc) is 3.15. The van der Waals surface area contributed by atoms with Crippen LogP contribution in [0.4, 0.5) is 0 Å². The Kier molecular flexibility index (Phi) is 4.13. The van der Waals surface area contributed by atoms with E-state index in [0.717, 1.165) is 19.3 Å². The third-order valence-corrected chi connectivity index (χ3v) is 6.30. The number of furan rings is 1. The fourth-order valence-electron chi connectivity index (χ4n) is 4.47. The van der Waals surface area contributed by atoms with Crippen LogP contribution in [-0.2, 0) is 0 Å². The zero-order chi connectivity index (χ0) is 16.6. The second kappa shape index (κ2) is 6.29. The molecule has 0 N–H and O–H groups in total. The number of piperidine rings is 1. The molecule has 1 saturated heterocycles. The van der Waals surface area contributed by atoms with Gasteiger partial charge in [0.1, 0.15) is 0 Å². The summed E-state index contributed by atoms with van der Waals surface area (Å²) < 4.78 is 5.37. The maximum Gasteiger partial charge on any atom is 0.290 e. The number of halogens is 1. The number of alkyl halides is 1. The molecule has 4 heteroatoms. The van der Waals surface area contributed by atoms with Crippen LogP contribution in [0.15, 0.2) is 53.1 Å². The second-order valence-corrected chi connectivity index (χ2v) is 7.72. The third kappa shape index (κ3) is 2.65. The van der Waals surface area contributed by atoms with Crippen LogP contribution < -0.4 is 0 Å². The molecular weight excluding hydrogens is 322 g/mol. The zero-order valence-corrected chi connectivity index (χ0v) is 14.4. The molecule has 1 saturated carbocycles. The van der Waals surface area contributed by atoms with Crippen molar-refractivity contribution in [2.45, 2.75) is 43.0 Å². The van der Waals surface area contributed by atoms with Gasteiger partial charge in [-0.25, -0.2) is 0 Å². The summed E-state index contributed by atoms with van der Waals surface area (Å²) in [5, 5.41) is 0. The van der Waals surface area contributed by atoms with Crippen LogP contribution in [0.2, 0.25) is 0 Å². The standard InChI is InChI=1S/C20H22ClNO2/c21-20-11-5-4-9-16(20)18(15-7-2-1-3-8-15)22(13-12-20)19(23)17-10-6-14-24-17/h1-3,6-8,10,14,16,18H,4-5,9,11-13H2/t16-,18-,20-/m0/s1. The number of likely N-dealkylation sites (tertiary alicyclic amines) is 1. The van der Waals surface area contributed by atoms with Crippen LogP contribution in [0.1, 0.15) is 54.3 Å². The average molecular weight is 344 g/mol. The van der Waals surface area contributed by atoms with Gasteiger partial charge in [-0.3, -0.25) is 4.79 Å². The lowest BCUT2D eigenvalue weighted by atomic mass is 9.68. The highest BCUT2D eigenvalue weighted by Crippen LogP contribution is 2.52. The Balaban J connectivity index is 1.74. The van der Waals surface area contributed by atoms with Gasteiger partial charge in [-0.15, -0.1) is 11.6 Å². The van der Waals surface area contributed by atoms with Gasteiger partial charge in [-0.05, 0) is 37.0 Å². The fraction of sp³-hybridized carbons (Fsp3) is 0.450. The van der Waals surface area contributed by atoms with E-state index < -0.39 is 0 Å². The number of rotatable bonds is 2. The van der Waals surface area contributed by atoms with Crippen LogP contribution in [0.5, 0.6) is 0 Å². The van der Waals surface area contributed by atoms with E-state index in [0.29, 0.717) is 18.2 Å². The zero-order valence-electron chi connectivity index (χ0n) is 13.7.